The predicted molar refractivity (Wildman–Crippen MR) is 94.0 cm³/mol. The Morgan fingerprint density at radius 3 is 2.23 bits per heavy atom. The molecule has 2 rings (SSSR count). The summed E-state index contributed by atoms with van der Waals surface area (Å²) in [5, 5.41) is 0. The van der Waals surface area contributed by atoms with Gasteiger partial charge in [-0.1, -0.05) is 12.1 Å². The molecule has 1 aromatic rings. The SMILES string of the molecule is CC(=O)N1CCN(C(=O)COC(=O)c2ccccc2NS(C)(=O)=O)CC1. The summed E-state index contributed by atoms with van der Waals surface area (Å²) < 4.78 is 30.0. The number of piperazine rings is 1. The van der Waals surface area contributed by atoms with Gasteiger partial charge in [0.25, 0.3) is 5.91 Å². The summed E-state index contributed by atoms with van der Waals surface area (Å²) in [4.78, 5) is 38.8. The second kappa shape index (κ2) is 8.17. The zero-order chi connectivity index (χ0) is 19.3. The molecule has 0 unspecified atom stereocenters. The topological polar surface area (TPSA) is 113 Å². The van der Waals surface area contributed by atoms with Crippen LogP contribution in [0, 0.1) is 0 Å². The van der Waals surface area contributed by atoms with E-state index >= 15 is 0 Å². The van der Waals surface area contributed by atoms with E-state index in [4.69, 9.17) is 4.74 Å². The number of amides is 2. The Morgan fingerprint density at radius 2 is 1.65 bits per heavy atom. The van der Waals surface area contributed by atoms with Gasteiger partial charge in [-0.05, 0) is 12.1 Å². The standard InChI is InChI=1S/C16H21N3O6S/c1-12(20)18-7-9-19(10-8-18)15(21)11-25-16(22)13-5-3-4-6-14(13)17-26(2,23)24/h3-6,17H,7-11H2,1-2H3. The fourth-order valence-corrected chi connectivity index (χ4v) is 3.09. The lowest BCUT2D eigenvalue weighted by atomic mass is 10.2. The van der Waals surface area contributed by atoms with Gasteiger partial charge in [0, 0.05) is 33.1 Å². The van der Waals surface area contributed by atoms with Crippen LogP contribution in [0.25, 0.3) is 0 Å². The van der Waals surface area contributed by atoms with Crippen LogP contribution in [-0.2, 0) is 24.3 Å². The summed E-state index contributed by atoms with van der Waals surface area (Å²) in [5.41, 5.74) is 0.106. The van der Waals surface area contributed by atoms with E-state index in [9.17, 15) is 22.8 Å². The maximum Gasteiger partial charge on any atom is 0.340 e. The molecule has 142 valence electrons. The zero-order valence-electron chi connectivity index (χ0n) is 14.6. The molecule has 1 heterocycles. The highest BCUT2D eigenvalue weighted by molar-refractivity contribution is 7.92. The minimum absolute atomic E-state index is 0.0205. The molecule has 0 saturated carbocycles. The number of esters is 1. The van der Waals surface area contributed by atoms with Gasteiger partial charge in [0.1, 0.15) is 0 Å². The highest BCUT2D eigenvalue weighted by atomic mass is 32.2. The van der Waals surface area contributed by atoms with E-state index in [2.05, 4.69) is 4.72 Å². The van der Waals surface area contributed by atoms with Crippen molar-refractivity contribution in [3.05, 3.63) is 29.8 Å². The van der Waals surface area contributed by atoms with E-state index in [-0.39, 0.29) is 23.1 Å². The van der Waals surface area contributed by atoms with Crippen LogP contribution < -0.4 is 4.72 Å². The maximum atomic E-state index is 12.2. The summed E-state index contributed by atoms with van der Waals surface area (Å²) in [5.74, 6) is -1.21. The van der Waals surface area contributed by atoms with E-state index in [0.717, 1.165) is 6.26 Å². The molecular formula is C16H21N3O6S. The van der Waals surface area contributed by atoms with Crippen LogP contribution in [0.3, 0.4) is 0 Å². The van der Waals surface area contributed by atoms with Crippen molar-refractivity contribution in [2.45, 2.75) is 6.92 Å². The third kappa shape index (κ3) is 5.45. The van der Waals surface area contributed by atoms with Gasteiger partial charge < -0.3 is 14.5 Å². The summed E-state index contributed by atoms with van der Waals surface area (Å²) >= 11 is 0. The van der Waals surface area contributed by atoms with Crippen molar-refractivity contribution in [1.29, 1.82) is 0 Å². The molecule has 0 radical (unpaired) electrons. The van der Waals surface area contributed by atoms with Crippen LogP contribution in [0.5, 0.6) is 0 Å². The first-order valence-electron chi connectivity index (χ1n) is 7.94. The van der Waals surface area contributed by atoms with Crippen molar-refractivity contribution in [2.75, 3.05) is 43.8 Å². The molecule has 9 nitrogen and oxygen atoms in total. The average Bonchev–Trinajstić information content (AvgIpc) is 2.58. The molecule has 1 aliphatic rings. The molecule has 1 aromatic carbocycles. The van der Waals surface area contributed by atoms with Crippen LogP contribution in [-0.4, -0.2) is 75.0 Å². The monoisotopic (exact) mass is 383 g/mol. The number of hydrogen-bond donors (Lipinski definition) is 1. The van der Waals surface area contributed by atoms with Crippen LogP contribution in [0.15, 0.2) is 24.3 Å². The Labute approximate surface area is 152 Å². The number of benzene rings is 1. The first-order chi connectivity index (χ1) is 12.2. The van der Waals surface area contributed by atoms with Crippen LogP contribution in [0.1, 0.15) is 17.3 Å². The minimum Gasteiger partial charge on any atom is -0.452 e. The number of anilines is 1. The van der Waals surface area contributed by atoms with Gasteiger partial charge in [-0.3, -0.25) is 14.3 Å². The van der Waals surface area contributed by atoms with E-state index in [1.807, 2.05) is 0 Å². The quantitative estimate of drug-likeness (QED) is 0.711. The minimum atomic E-state index is -3.56. The van der Waals surface area contributed by atoms with Gasteiger partial charge >= 0.3 is 5.97 Å². The number of rotatable bonds is 5. The van der Waals surface area contributed by atoms with Crippen LogP contribution in [0.2, 0.25) is 0 Å². The van der Waals surface area contributed by atoms with Gasteiger partial charge in [-0.15, -0.1) is 0 Å². The molecular weight excluding hydrogens is 362 g/mol. The van der Waals surface area contributed by atoms with Crippen LogP contribution in [0.4, 0.5) is 5.69 Å². The summed E-state index contributed by atoms with van der Waals surface area (Å²) in [6.07, 6.45) is 0.972. The lowest BCUT2D eigenvalue weighted by molar-refractivity contribution is -0.140. The zero-order valence-corrected chi connectivity index (χ0v) is 15.4. The number of para-hydroxylation sites is 1. The smallest absolute Gasteiger partial charge is 0.340 e. The lowest BCUT2D eigenvalue weighted by Crippen LogP contribution is -2.51. The largest absolute Gasteiger partial charge is 0.452 e. The Kier molecular flexibility index (Phi) is 6.19. The summed E-state index contributed by atoms with van der Waals surface area (Å²) in [6, 6.07) is 5.98. The van der Waals surface area contributed by atoms with Gasteiger partial charge in [-0.2, -0.15) is 0 Å². The Balaban J connectivity index is 1.93. The van der Waals surface area contributed by atoms with Crippen molar-refractivity contribution < 1.29 is 27.5 Å². The Bertz CT molecular complexity index is 800. The number of nitrogens with one attached hydrogen (secondary N) is 1. The van der Waals surface area contributed by atoms with Crippen molar-refractivity contribution in [2.24, 2.45) is 0 Å². The second-order valence-electron chi connectivity index (χ2n) is 5.88. The highest BCUT2D eigenvalue weighted by Crippen LogP contribution is 2.17. The molecule has 0 aromatic heterocycles. The number of sulfonamides is 1. The van der Waals surface area contributed by atoms with E-state index in [1.165, 1.54) is 24.0 Å². The summed E-state index contributed by atoms with van der Waals surface area (Å²) in [7, 11) is -3.56. The molecule has 1 N–H and O–H groups in total. The molecule has 1 saturated heterocycles. The van der Waals surface area contributed by atoms with Gasteiger partial charge in [0.05, 0.1) is 17.5 Å². The van der Waals surface area contributed by atoms with Crippen molar-refractivity contribution in [1.82, 2.24) is 9.80 Å². The fourth-order valence-electron chi connectivity index (χ4n) is 2.52. The molecule has 10 heteroatoms. The summed E-state index contributed by atoms with van der Waals surface area (Å²) in [6.45, 7) is 2.66. The molecule has 0 atom stereocenters. The highest BCUT2D eigenvalue weighted by Gasteiger charge is 2.24. The third-order valence-electron chi connectivity index (χ3n) is 3.85. The van der Waals surface area contributed by atoms with Gasteiger partial charge in [-0.25, -0.2) is 13.2 Å². The van der Waals surface area contributed by atoms with Crippen LogP contribution >= 0.6 is 0 Å². The van der Waals surface area contributed by atoms with Gasteiger partial charge in [0.2, 0.25) is 15.9 Å². The molecule has 0 bridgehead atoms. The first-order valence-corrected chi connectivity index (χ1v) is 9.84. The second-order valence-corrected chi connectivity index (χ2v) is 7.63. The molecule has 26 heavy (non-hydrogen) atoms. The maximum absolute atomic E-state index is 12.2. The molecule has 1 fully saturated rings. The molecule has 1 aliphatic heterocycles. The first kappa shape index (κ1) is 19.7. The average molecular weight is 383 g/mol. The number of hydrogen-bond acceptors (Lipinski definition) is 6. The third-order valence-corrected chi connectivity index (χ3v) is 4.44. The van der Waals surface area contributed by atoms with E-state index in [1.54, 1.807) is 17.0 Å². The lowest BCUT2D eigenvalue weighted by Gasteiger charge is -2.34. The predicted octanol–water partition coefficient (Wildman–Crippen LogP) is -0.0944. The molecule has 0 aliphatic carbocycles. The number of carbonyl (C=O) groups is 3. The number of ether oxygens (including phenoxy) is 1. The molecule has 2 amide bonds. The Morgan fingerprint density at radius 1 is 1.08 bits per heavy atom. The fraction of sp³-hybridized carbons (Fsp3) is 0.438. The normalized spacial score (nSPS) is 14.7. The van der Waals surface area contributed by atoms with Gasteiger partial charge in [0.15, 0.2) is 6.61 Å². The van der Waals surface area contributed by atoms with E-state index < -0.39 is 22.6 Å². The Hall–Kier alpha value is -2.62. The molecule has 0 spiro atoms. The van der Waals surface area contributed by atoms with E-state index in [0.29, 0.717) is 26.2 Å². The van der Waals surface area contributed by atoms with Crippen molar-refractivity contribution in [3.63, 3.8) is 0 Å². The van der Waals surface area contributed by atoms with Crippen molar-refractivity contribution >= 4 is 33.5 Å². The van der Waals surface area contributed by atoms with Crippen molar-refractivity contribution in [3.8, 4) is 0 Å². The number of nitrogens with zero attached hydrogens (tertiary/aromatic N) is 2. The number of carbonyl (C=O) groups excluding carboxylic acids is 3.